The van der Waals surface area contributed by atoms with Crippen molar-refractivity contribution in [1.29, 1.82) is 0 Å². The van der Waals surface area contributed by atoms with E-state index in [4.69, 9.17) is 11.6 Å². The van der Waals surface area contributed by atoms with Gasteiger partial charge in [0.25, 0.3) is 0 Å². The summed E-state index contributed by atoms with van der Waals surface area (Å²) in [4.78, 5) is 26.3. The van der Waals surface area contributed by atoms with Gasteiger partial charge in [0.15, 0.2) is 5.43 Å². The highest BCUT2D eigenvalue weighted by molar-refractivity contribution is 6.35. The molecule has 3 rings (SSSR count). The summed E-state index contributed by atoms with van der Waals surface area (Å²) in [5, 5.41) is 10.9. The fourth-order valence-corrected chi connectivity index (χ4v) is 3.54. The van der Waals surface area contributed by atoms with E-state index >= 15 is 0 Å². The minimum absolute atomic E-state index is 0.117. The van der Waals surface area contributed by atoms with Crippen molar-refractivity contribution in [3.63, 3.8) is 0 Å². The molecule has 5 nitrogen and oxygen atoms in total. The highest BCUT2D eigenvalue weighted by atomic mass is 35.5. The fourth-order valence-electron chi connectivity index (χ4n) is 3.21. The summed E-state index contributed by atoms with van der Waals surface area (Å²) in [7, 11) is 3.64. The number of nitrogens with zero attached hydrogens (tertiary/aromatic N) is 2. The minimum atomic E-state index is -0.974. The van der Waals surface area contributed by atoms with Crippen LogP contribution < -0.4 is 10.3 Å². The van der Waals surface area contributed by atoms with E-state index in [1.807, 2.05) is 33.2 Å². The smallest absolute Gasteiger partial charge is 0.323 e. The van der Waals surface area contributed by atoms with Crippen LogP contribution in [-0.4, -0.2) is 29.7 Å². The molecule has 0 bridgehead atoms. The monoisotopic (exact) mass is 358 g/mol. The van der Waals surface area contributed by atoms with Crippen LogP contribution >= 0.6 is 11.6 Å². The van der Waals surface area contributed by atoms with Gasteiger partial charge in [-0.3, -0.25) is 9.59 Å². The lowest BCUT2D eigenvalue weighted by atomic mass is 10.0. The lowest BCUT2D eigenvalue weighted by Crippen LogP contribution is -2.19. The maximum absolute atomic E-state index is 13.0. The van der Waals surface area contributed by atoms with Crippen LogP contribution in [0.4, 0.5) is 5.69 Å². The topological polar surface area (TPSA) is 62.5 Å². The van der Waals surface area contributed by atoms with Gasteiger partial charge >= 0.3 is 5.97 Å². The second-order valence-electron chi connectivity index (χ2n) is 6.20. The molecule has 2 aromatic carbocycles. The molecule has 1 aromatic heterocycles. The molecule has 0 unspecified atom stereocenters. The summed E-state index contributed by atoms with van der Waals surface area (Å²) in [5.74, 6) is -0.974. The van der Waals surface area contributed by atoms with Crippen LogP contribution in [0.1, 0.15) is 12.5 Å². The average Bonchev–Trinajstić information content (AvgIpc) is 2.57. The van der Waals surface area contributed by atoms with Gasteiger partial charge in [-0.15, -0.1) is 0 Å². The van der Waals surface area contributed by atoms with Crippen molar-refractivity contribution in [3.05, 3.63) is 51.1 Å². The number of anilines is 1. The Bertz CT molecular complexity index is 1050. The number of aliphatic carboxylic acids is 1. The van der Waals surface area contributed by atoms with Gasteiger partial charge in [-0.25, -0.2) is 0 Å². The molecule has 25 heavy (non-hydrogen) atoms. The van der Waals surface area contributed by atoms with Crippen molar-refractivity contribution in [1.82, 2.24) is 4.57 Å². The summed E-state index contributed by atoms with van der Waals surface area (Å²) < 4.78 is 1.68. The Morgan fingerprint density at radius 3 is 2.48 bits per heavy atom. The van der Waals surface area contributed by atoms with E-state index < -0.39 is 5.97 Å². The Morgan fingerprint density at radius 2 is 1.88 bits per heavy atom. The lowest BCUT2D eigenvalue weighted by molar-refractivity contribution is -0.137. The number of pyridine rings is 1. The van der Waals surface area contributed by atoms with Crippen molar-refractivity contribution < 1.29 is 9.90 Å². The van der Waals surface area contributed by atoms with Crippen LogP contribution in [0.5, 0.6) is 0 Å². The predicted octanol–water partition coefficient (Wildman–Crippen LogP) is 3.52. The number of carboxylic acid groups (broad SMARTS) is 1. The van der Waals surface area contributed by atoms with Gasteiger partial charge < -0.3 is 14.6 Å². The first-order chi connectivity index (χ1) is 11.8. The summed E-state index contributed by atoms with van der Waals surface area (Å²) in [5.41, 5.74) is 2.73. The number of hydrogen-bond acceptors (Lipinski definition) is 3. The highest BCUT2D eigenvalue weighted by Gasteiger charge is 2.19. The molecule has 0 aliphatic rings. The first-order valence-electron chi connectivity index (χ1n) is 8.02. The molecule has 0 spiro atoms. The predicted molar refractivity (Wildman–Crippen MR) is 102 cm³/mol. The third-order valence-electron chi connectivity index (χ3n) is 4.36. The molecule has 0 radical (unpaired) electrons. The van der Waals surface area contributed by atoms with Gasteiger partial charge in [0.2, 0.25) is 0 Å². The zero-order valence-corrected chi connectivity index (χ0v) is 15.1. The Kier molecular flexibility index (Phi) is 4.43. The van der Waals surface area contributed by atoms with Crippen LogP contribution in [-0.2, 0) is 17.8 Å². The van der Waals surface area contributed by atoms with E-state index in [9.17, 15) is 14.7 Å². The normalized spacial score (nSPS) is 11.2. The SMILES string of the molecule is CCc1ccc2c(=O)c3ccc(Cl)c(N(C)C)c3n(CC(=O)O)c2c1. The molecule has 0 aliphatic heterocycles. The zero-order valence-electron chi connectivity index (χ0n) is 14.3. The number of carbonyl (C=O) groups is 1. The second-order valence-corrected chi connectivity index (χ2v) is 6.61. The van der Waals surface area contributed by atoms with E-state index in [1.54, 1.807) is 27.7 Å². The third-order valence-corrected chi connectivity index (χ3v) is 4.67. The first-order valence-corrected chi connectivity index (χ1v) is 8.39. The largest absolute Gasteiger partial charge is 0.480 e. The van der Waals surface area contributed by atoms with E-state index in [0.29, 0.717) is 32.5 Å². The Morgan fingerprint density at radius 1 is 1.20 bits per heavy atom. The molecule has 6 heteroatoms. The Hall–Kier alpha value is -2.53. The fraction of sp³-hybridized carbons (Fsp3) is 0.263. The van der Waals surface area contributed by atoms with E-state index in [0.717, 1.165) is 12.0 Å². The number of halogens is 1. The van der Waals surface area contributed by atoms with Gasteiger partial charge in [0.05, 0.1) is 21.7 Å². The number of carboxylic acids is 1. The number of benzene rings is 2. The Balaban J connectivity index is 2.62. The molecular weight excluding hydrogens is 340 g/mol. The molecule has 130 valence electrons. The molecular formula is C19H19ClN2O3. The first kappa shape index (κ1) is 17.3. The molecule has 1 heterocycles. The molecule has 3 aromatic rings. The van der Waals surface area contributed by atoms with Crippen LogP contribution in [0.2, 0.25) is 5.02 Å². The van der Waals surface area contributed by atoms with Crippen LogP contribution in [0.25, 0.3) is 21.8 Å². The minimum Gasteiger partial charge on any atom is -0.480 e. The average molecular weight is 359 g/mol. The van der Waals surface area contributed by atoms with Gasteiger partial charge in [-0.1, -0.05) is 24.6 Å². The van der Waals surface area contributed by atoms with Gasteiger partial charge in [0.1, 0.15) is 6.54 Å². The number of fused-ring (bicyclic) bond motifs is 2. The van der Waals surface area contributed by atoms with Crippen molar-refractivity contribution in [2.24, 2.45) is 0 Å². The van der Waals surface area contributed by atoms with E-state index in [2.05, 4.69) is 0 Å². The van der Waals surface area contributed by atoms with Crippen molar-refractivity contribution in [2.45, 2.75) is 19.9 Å². The number of aromatic nitrogens is 1. The maximum Gasteiger partial charge on any atom is 0.323 e. The standard InChI is InChI=1S/C19H19ClN2O3/c1-4-11-5-6-12-15(9-11)22(10-16(23)24)17-13(19(12)25)7-8-14(20)18(17)21(2)3/h5-9H,4,10H2,1-3H3,(H,23,24). The lowest BCUT2D eigenvalue weighted by Gasteiger charge is -2.22. The molecule has 0 aliphatic carbocycles. The van der Waals surface area contributed by atoms with Crippen molar-refractivity contribution >= 4 is 45.1 Å². The van der Waals surface area contributed by atoms with Crippen LogP contribution in [0.15, 0.2) is 35.1 Å². The van der Waals surface area contributed by atoms with Crippen molar-refractivity contribution in [3.8, 4) is 0 Å². The zero-order chi connectivity index (χ0) is 18.3. The molecule has 0 saturated heterocycles. The van der Waals surface area contributed by atoms with Crippen LogP contribution in [0.3, 0.4) is 0 Å². The number of hydrogen-bond donors (Lipinski definition) is 1. The van der Waals surface area contributed by atoms with Gasteiger partial charge in [-0.2, -0.15) is 0 Å². The van der Waals surface area contributed by atoms with Crippen molar-refractivity contribution in [2.75, 3.05) is 19.0 Å². The van der Waals surface area contributed by atoms with E-state index in [1.165, 1.54) is 0 Å². The second kappa shape index (κ2) is 6.41. The molecule has 1 N–H and O–H groups in total. The molecule has 0 amide bonds. The van der Waals surface area contributed by atoms with Gasteiger partial charge in [0, 0.05) is 24.9 Å². The summed E-state index contributed by atoms with van der Waals surface area (Å²) in [6.45, 7) is 1.77. The summed E-state index contributed by atoms with van der Waals surface area (Å²) in [6.07, 6.45) is 0.797. The summed E-state index contributed by atoms with van der Waals surface area (Å²) >= 11 is 6.36. The highest BCUT2D eigenvalue weighted by Crippen LogP contribution is 2.34. The molecule has 0 saturated carbocycles. The van der Waals surface area contributed by atoms with Gasteiger partial charge in [-0.05, 0) is 36.2 Å². The number of aryl methyl sites for hydroxylation is 1. The number of rotatable bonds is 4. The van der Waals surface area contributed by atoms with Crippen LogP contribution in [0, 0.1) is 0 Å². The van der Waals surface area contributed by atoms with E-state index in [-0.39, 0.29) is 12.0 Å². The quantitative estimate of drug-likeness (QED) is 0.725. The maximum atomic E-state index is 13.0. The summed E-state index contributed by atoms with van der Waals surface area (Å²) in [6, 6.07) is 8.91. The third kappa shape index (κ3) is 2.85. The Labute approximate surface area is 150 Å². The molecule has 0 fully saturated rings. The molecule has 0 atom stereocenters.